The third kappa shape index (κ3) is 6.52. The third-order valence-corrected chi connectivity index (χ3v) is 4.09. The summed E-state index contributed by atoms with van der Waals surface area (Å²) in [5, 5.41) is 1.98. The van der Waals surface area contributed by atoms with E-state index in [2.05, 4.69) is 15.9 Å². The number of nitrogens with zero attached hydrogens (tertiary/aromatic N) is 1. The fourth-order valence-electron chi connectivity index (χ4n) is 1.55. The number of hydrogen-bond acceptors (Lipinski definition) is 4. The molecule has 20 heavy (non-hydrogen) atoms. The molecule has 6 heteroatoms. The van der Waals surface area contributed by atoms with E-state index in [9.17, 15) is 9.59 Å². The van der Waals surface area contributed by atoms with Gasteiger partial charge in [-0.1, -0.05) is 0 Å². The van der Waals surface area contributed by atoms with Crippen LogP contribution in [-0.4, -0.2) is 29.4 Å². The highest BCUT2D eigenvalue weighted by molar-refractivity contribution is 9.10. The standard InChI is InChI=1S/C14H20BrNO3S/c1-14(2,3)19-13(18)6-5-12(17)16(4)8-11-7-10(15)9-20-11/h7,9H,5-6,8H2,1-4H3. The molecule has 0 unspecified atom stereocenters. The summed E-state index contributed by atoms with van der Waals surface area (Å²) in [6, 6.07) is 1.99. The van der Waals surface area contributed by atoms with Crippen LogP contribution in [0.4, 0.5) is 0 Å². The Bertz CT molecular complexity index is 479. The maximum atomic E-state index is 11.9. The summed E-state index contributed by atoms with van der Waals surface area (Å²) in [5.74, 6) is -0.390. The smallest absolute Gasteiger partial charge is 0.306 e. The average Bonchev–Trinajstić information content (AvgIpc) is 2.69. The Morgan fingerprint density at radius 2 is 2.00 bits per heavy atom. The molecule has 0 aliphatic rings. The highest BCUT2D eigenvalue weighted by Crippen LogP contribution is 2.21. The van der Waals surface area contributed by atoms with Crippen molar-refractivity contribution in [1.82, 2.24) is 4.90 Å². The van der Waals surface area contributed by atoms with Gasteiger partial charge in [0.25, 0.3) is 0 Å². The Morgan fingerprint density at radius 3 is 2.50 bits per heavy atom. The molecular formula is C14H20BrNO3S. The van der Waals surface area contributed by atoms with Gasteiger partial charge in [-0.2, -0.15) is 0 Å². The van der Waals surface area contributed by atoms with Gasteiger partial charge in [-0.3, -0.25) is 9.59 Å². The van der Waals surface area contributed by atoms with E-state index in [-0.39, 0.29) is 24.7 Å². The van der Waals surface area contributed by atoms with Crippen molar-refractivity contribution in [3.63, 3.8) is 0 Å². The van der Waals surface area contributed by atoms with E-state index < -0.39 is 5.60 Å². The minimum Gasteiger partial charge on any atom is -0.460 e. The molecule has 0 fully saturated rings. The van der Waals surface area contributed by atoms with Crippen molar-refractivity contribution >= 4 is 39.1 Å². The van der Waals surface area contributed by atoms with Crippen molar-refractivity contribution in [1.29, 1.82) is 0 Å². The number of halogens is 1. The number of carbonyl (C=O) groups is 2. The molecule has 112 valence electrons. The van der Waals surface area contributed by atoms with E-state index in [4.69, 9.17) is 4.74 Å². The Labute approximate surface area is 132 Å². The van der Waals surface area contributed by atoms with Crippen molar-refractivity contribution < 1.29 is 14.3 Å². The predicted octanol–water partition coefficient (Wildman–Crippen LogP) is 3.59. The molecule has 0 saturated carbocycles. The molecule has 0 bridgehead atoms. The van der Waals surface area contributed by atoms with E-state index in [1.165, 1.54) is 0 Å². The Hall–Kier alpha value is -0.880. The van der Waals surface area contributed by atoms with Gasteiger partial charge in [0.2, 0.25) is 5.91 Å². The van der Waals surface area contributed by atoms with Crippen molar-refractivity contribution in [2.75, 3.05) is 7.05 Å². The summed E-state index contributed by atoms with van der Waals surface area (Å²) in [6.07, 6.45) is 0.298. The van der Waals surface area contributed by atoms with E-state index in [1.54, 1.807) is 23.3 Å². The zero-order chi connectivity index (χ0) is 15.3. The molecule has 0 saturated heterocycles. The van der Waals surface area contributed by atoms with Gasteiger partial charge in [0, 0.05) is 28.2 Å². The lowest BCUT2D eigenvalue weighted by atomic mass is 10.2. The number of thiophene rings is 1. The van der Waals surface area contributed by atoms with E-state index in [0.29, 0.717) is 6.54 Å². The van der Waals surface area contributed by atoms with Gasteiger partial charge in [0.05, 0.1) is 13.0 Å². The first-order valence-electron chi connectivity index (χ1n) is 6.36. The normalized spacial score (nSPS) is 11.2. The van der Waals surface area contributed by atoms with Gasteiger partial charge in [0.15, 0.2) is 0 Å². The Balaban J connectivity index is 2.37. The molecule has 0 aromatic carbocycles. The number of amides is 1. The second-order valence-electron chi connectivity index (χ2n) is 5.57. The van der Waals surface area contributed by atoms with Crippen LogP contribution in [0, 0.1) is 0 Å². The maximum absolute atomic E-state index is 11.9. The molecule has 0 radical (unpaired) electrons. The second-order valence-corrected chi connectivity index (χ2v) is 7.48. The van der Waals surface area contributed by atoms with Crippen LogP contribution in [0.25, 0.3) is 0 Å². The Morgan fingerprint density at radius 1 is 1.35 bits per heavy atom. The van der Waals surface area contributed by atoms with Crippen molar-refractivity contribution in [3.8, 4) is 0 Å². The van der Waals surface area contributed by atoms with Gasteiger partial charge in [-0.25, -0.2) is 0 Å². The Kier molecular flexibility index (Phi) is 6.20. The molecule has 4 nitrogen and oxygen atoms in total. The van der Waals surface area contributed by atoms with Gasteiger partial charge >= 0.3 is 5.97 Å². The molecule has 0 aliphatic heterocycles. The molecule has 1 heterocycles. The summed E-state index contributed by atoms with van der Waals surface area (Å²) in [7, 11) is 1.74. The fraction of sp³-hybridized carbons (Fsp3) is 0.571. The van der Waals surface area contributed by atoms with E-state index in [1.807, 2.05) is 32.2 Å². The molecule has 0 aliphatic carbocycles. The summed E-state index contributed by atoms with van der Waals surface area (Å²) in [4.78, 5) is 26.2. The zero-order valence-electron chi connectivity index (χ0n) is 12.2. The average molecular weight is 362 g/mol. The van der Waals surface area contributed by atoms with Gasteiger partial charge in [-0.05, 0) is 42.8 Å². The first-order chi connectivity index (χ1) is 9.17. The van der Waals surface area contributed by atoms with Crippen LogP contribution in [0.15, 0.2) is 15.9 Å². The number of rotatable bonds is 5. The lowest BCUT2D eigenvalue weighted by Crippen LogP contribution is -2.28. The third-order valence-electron chi connectivity index (χ3n) is 2.40. The summed E-state index contributed by atoms with van der Waals surface area (Å²) in [6.45, 7) is 6.00. The zero-order valence-corrected chi connectivity index (χ0v) is 14.6. The highest BCUT2D eigenvalue weighted by Gasteiger charge is 2.18. The SMILES string of the molecule is CN(Cc1cc(Br)cs1)C(=O)CCC(=O)OC(C)(C)C. The van der Waals surface area contributed by atoms with Crippen molar-refractivity contribution in [2.45, 2.75) is 45.8 Å². The number of hydrogen-bond donors (Lipinski definition) is 0. The fourth-order valence-corrected chi connectivity index (χ4v) is 3.05. The number of carbonyl (C=O) groups excluding carboxylic acids is 2. The largest absolute Gasteiger partial charge is 0.460 e. The summed E-state index contributed by atoms with van der Waals surface area (Å²) < 4.78 is 6.20. The van der Waals surface area contributed by atoms with Gasteiger partial charge in [0.1, 0.15) is 5.60 Å². The van der Waals surface area contributed by atoms with Gasteiger partial charge < -0.3 is 9.64 Å². The summed E-state index contributed by atoms with van der Waals surface area (Å²) in [5.41, 5.74) is -0.505. The first-order valence-corrected chi connectivity index (χ1v) is 8.03. The topological polar surface area (TPSA) is 46.6 Å². The van der Waals surface area contributed by atoms with Crippen molar-refractivity contribution in [2.24, 2.45) is 0 Å². The molecule has 0 atom stereocenters. The maximum Gasteiger partial charge on any atom is 0.306 e. The molecule has 1 aromatic rings. The number of ether oxygens (including phenoxy) is 1. The minimum atomic E-state index is -0.505. The van der Waals surface area contributed by atoms with E-state index in [0.717, 1.165) is 9.35 Å². The minimum absolute atomic E-state index is 0.0552. The molecule has 1 amide bonds. The van der Waals surface area contributed by atoms with Crippen LogP contribution in [0.1, 0.15) is 38.5 Å². The quantitative estimate of drug-likeness (QED) is 0.752. The van der Waals surface area contributed by atoms with Crippen LogP contribution in [0.3, 0.4) is 0 Å². The predicted molar refractivity (Wildman–Crippen MR) is 83.6 cm³/mol. The first kappa shape index (κ1) is 17.2. The lowest BCUT2D eigenvalue weighted by Gasteiger charge is -2.20. The van der Waals surface area contributed by atoms with Crippen LogP contribution in [0.5, 0.6) is 0 Å². The van der Waals surface area contributed by atoms with Crippen LogP contribution < -0.4 is 0 Å². The number of esters is 1. The molecular weight excluding hydrogens is 342 g/mol. The monoisotopic (exact) mass is 361 g/mol. The lowest BCUT2D eigenvalue weighted by molar-refractivity contribution is -0.156. The van der Waals surface area contributed by atoms with Crippen LogP contribution >= 0.6 is 27.3 Å². The molecule has 1 rings (SSSR count). The second kappa shape index (κ2) is 7.22. The van der Waals surface area contributed by atoms with Crippen molar-refractivity contribution in [3.05, 3.63) is 20.8 Å². The molecule has 0 spiro atoms. The van der Waals surface area contributed by atoms with Crippen LogP contribution in [-0.2, 0) is 20.9 Å². The molecule has 1 aromatic heterocycles. The summed E-state index contributed by atoms with van der Waals surface area (Å²) >= 11 is 4.98. The van der Waals surface area contributed by atoms with E-state index >= 15 is 0 Å². The van der Waals surface area contributed by atoms with Crippen LogP contribution in [0.2, 0.25) is 0 Å². The molecule has 0 N–H and O–H groups in total. The van der Waals surface area contributed by atoms with Gasteiger partial charge in [-0.15, -0.1) is 11.3 Å². The highest BCUT2D eigenvalue weighted by atomic mass is 79.9.